The third-order valence-electron chi connectivity index (χ3n) is 3.54. The van der Waals surface area contributed by atoms with Crippen LogP contribution in [0.1, 0.15) is 43.3 Å². The fourth-order valence-corrected chi connectivity index (χ4v) is 3.01. The Kier molecular flexibility index (Phi) is 5.34. The summed E-state index contributed by atoms with van der Waals surface area (Å²) in [6.07, 6.45) is 4.79. The number of likely N-dealkylation sites (tertiary alicyclic amines) is 1. The van der Waals surface area contributed by atoms with Gasteiger partial charge < -0.3 is 10.2 Å². The van der Waals surface area contributed by atoms with Crippen LogP contribution in [-0.4, -0.2) is 34.9 Å². The molecule has 1 atom stereocenters. The van der Waals surface area contributed by atoms with Crippen molar-refractivity contribution in [1.82, 2.24) is 15.2 Å². The molecular weight excluding hydrogens is 258 g/mol. The summed E-state index contributed by atoms with van der Waals surface area (Å²) in [6, 6.07) is -0.125. The van der Waals surface area contributed by atoms with Gasteiger partial charge in [0.1, 0.15) is 0 Å². The molecule has 0 saturated carbocycles. The van der Waals surface area contributed by atoms with Gasteiger partial charge in [0.15, 0.2) is 0 Å². The number of thiazole rings is 1. The molecule has 5 heteroatoms. The summed E-state index contributed by atoms with van der Waals surface area (Å²) in [5, 5.41) is 6.40. The smallest absolute Gasteiger partial charge is 0.239 e. The maximum absolute atomic E-state index is 12.3. The molecule has 1 aromatic heterocycles. The number of nitrogens with zero attached hydrogens (tertiary/aromatic N) is 2. The van der Waals surface area contributed by atoms with Crippen LogP contribution in [0, 0.1) is 6.92 Å². The lowest BCUT2D eigenvalue weighted by molar-refractivity contribution is -0.133. The van der Waals surface area contributed by atoms with E-state index in [0.717, 1.165) is 36.6 Å². The second-order valence-electron chi connectivity index (χ2n) is 5.20. The van der Waals surface area contributed by atoms with Crippen LogP contribution in [0.5, 0.6) is 0 Å². The first kappa shape index (κ1) is 14.5. The summed E-state index contributed by atoms with van der Waals surface area (Å²) < 4.78 is 0. The maximum Gasteiger partial charge on any atom is 0.239 e. The third-order valence-corrected chi connectivity index (χ3v) is 4.37. The molecule has 2 rings (SSSR count). The predicted molar refractivity (Wildman–Crippen MR) is 78.2 cm³/mol. The number of aryl methyl sites for hydroxylation is 1. The summed E-state index contributed by atoms with van der Waals surface area (Å²) in [5.74, 6) is 0.230. The lowest BCUT2D eigenvalue weighted by Gasteiger charge is -2.24. The molecule has 1 amide bonds. The molecule has 1 aromatic rings. The van der Waals surface area contributed by atoms with Gasteiger partial charge in [-0.05, 0) is 26.7 Å². The monoisotopic (exact) mass is 281 g/mol. The van der Waals surface area contributed by atoms with Gasteiger partial charge in [-0.3, -0.25) is 4.79 Å². The first-order chi connectivity index (χ1) is 9.16. The number of hydrogen-bond donors (Lipinski definition) is 1. The third kappa shape index (κ3) is 4.28. The van der Waals surface area contributed by atoms with Gasteiger partial charge in [-0.15, -0.1) is 11.3 Å². The fourth-order valence-electron chi connectivity index (χ4n) is 2.40. The van der Waals surface area contributed by atoms with Crippen LogP contribution in [0.3, 0.4) is 0 Å². The standard InChI is InChI=1S/C14H23N3OS/c1-11(15-9-13-10-19-12(2)16-13)14(18)17-7-5-3-4-6-8-17/h10-11,15H,3-9H2,1-2H3. The van der Waals surface area contributed by atoms with E-state index in [1.165, 1.54) is 12.8 Å². The van der Waals surface area contributed by atoms with Gasteiger partial charge in [0.2, 0.25) is 5.91 Å². The molecule has 1 fully saturated rings. The quantitative estimate of drug-likeness (QED) is 0.921. The Labute approximate surface area is 119 Å². The minimum Gasteiger partial charge on any atom is -0.341 e. The highest BCUT2D eigenvalue weighted by atomic mass is 32.1. The van der Waals surface area contributed by atoms with Crippen LogP contribution in [0.15, 0.2) is 5.38 Å². The zero-order valence-electron chi connectivity index (χ0n) is 11.8. The van der Waals surface area contributed by atoms with Crippen LogP contribution in [-0.2, 0) is 11.3 Å². The van der Waals surface area contributed by atoms with Gasteiger partial charge in [-0.25, -0.2) is 4.98 Å². The molecule has 0 aromatic carbocycles. The van der Waals surface area contributed by atoms with E-state index < -0.39 is 0 Å². The second-order valence-corrected chi connectivity index (χ2v) is 6.26. The number of hydrogen-bond acceptors (Lipinski definition) is 4. The Balaban J connectivity index is 1.81. The molecule has 1 unspecified atom stereocenters. The highest BCUT2D eigenvalue weighted by molar-refractivity contribution is 7.09. The number of nitrogens with one attached hydrogen (secondary N) is 1. The molecule has 4 nitrogen and oxygen atoms in total. The molecule has 2 heterocycles. The first-order valence-electron chi connectivity index (χ1n) is 7.10. The zero-order valence-corrected chi connectivity index (χ0v) is 12.6. The van der Waals surface area contributed by atoms with Crippen molar-refractivity contribution in [1.29, 1.82) is 0 Å². The highest BCUT2D eigenvalue weighted by Gasteiger charge is 2.20. The average Bonchev–Trinajstić information content (AvgIpc) is 2.67. The maximum atomic E-state index is 12.3. The average molecular weight is 281 g/mol. The van der Waals surface area contributed by atoms with Crippen molar-refractivity contribution in [2.24, 2.45) is 0 Å². The highest BCUT2D eigenvalue weighted by Crippen LogP contribution is 2.11. The number of rotatable bonds is 4. The van der Waals surface area contributed by atoms with Crippen molar-refractivity contribution in [3.8, 4) is 0 Å². The Morgan fingerprint density at radius 2 is 2.11 bits per heavy atom. The van der Waals surface area contributed by atoms with Gasteiger partial charge >= 0.3 is 0 Å². The van der Waals surface area contributed by atoms with E-state index >= 15 is 0 Å². The van der Waals surface area contributed by atoms with E-state index in [4.69, 9.17) is 0 Å². The molecule has 1 aliphatic heterocycles. The fraction of sp³-hybridized carbons (Fsp3) is 0.714. The van der Waals surface area contributed by atoms with Crippen LogP contribution in [0.4, 0.5) is 0 Å². The van der Waals surface area contributed by atoms with Crippen molar-refractivity contribution >= 4 is 17.2 Å². The number of amides is 1. The van der Waals surface area contributed by atoms with Crippen molar-refractivity contribution in [3.63, 3.8) is 0 Å². The molecule has 0 spiro atoms. The molecule has 1 saturated heterocycles. The summed E-state index contributed by atoms with van der Waals surface area (Å²) >= 11 is 1.65. The molecular formula is C14H23N3OS. The van der Waals surface area contributed by atoms with Gasteiger partial charge in [0.05, 0.1) is 16.7 Å². The van der Waals surface area contributed by atoms with E-state index in [9.17, 15) is 4.79 Å². The number of carbonyl (C=O) groups is 1. The Bertz CT molecular complexity index is 411. The molecule has 1 aliphatic rings. The molecule has 19 heavy (non-hydrogen) atoms. The zero-order chi connectivity index (χ0) is 13.7. The van der Waals surface area contributed by atoms with Crippen molar-refractivity contribution in [2.45, 2.75) is 52.1 Å². The van der Waals surface area contributed by atoms with E-state index in [1.54, 1.807) is 11.3 Å². The second kappa shape index (κ2) is 7.01. The number of carbonyl (C=O) groups excluding carboxylic acids is 1. The van der Waals surface area contributed by atoms with Gasteiger partial charge in [-0.1, -0.05) is 12.8 Å². The molecule has 0 aliphatic carbocycles. The van der Waals surface area contributed by atoms with Crippen LogP contribution in [0.25, 0.3) is 0 Å². The van der Waals surface area contributed by atoms with Crippen molar-refractivity contribution in [2.75, 3.05) is 13.1 Å². The summed E-state index contributed by atoms with van der Waals surface area (Å²) in [7, 11) is 0. The normalized spacial score (nSPS) is 18.1. The molecule has 106 valence electrons. The van der Waals surface area contributed by atoms with Crippen LogP contribution < -0.4 is 5.32 Å². The Hall–Kier alpha value is -0.940. The van der Waals surface area contributed by atoms with E-state index in [-0.39, 0.29) is 11.9 Å². The number of aromatic nitrogens is 1. The van der Waals surface area contributed by atoms with E-state index in [0.29, 0.717) is 6.54 Å². The van der Waals surface area contributed by atoms with Gasteiger partial charge in [0, 0.05) is 25.0 Å². The molecule has 0 bridgehead atoms. The minimum absolute atomic E-state index is 0.125. The topological polar surface area (TPSA) is 45.2 Å². The van der Waals surface area contributed by atoms with E-state index in [1.807, 2.05) is 24.1 Å². The predicted octanol–water partition coefficient (Wildman–Crippen LogP) is 2.33. The van der Waals surface area contributed by atoms with Crippen LogP contribution >= 0.6 is 11.3 Å². The van der Waals surface area contributed by atoms with Crippen molar-refractivity contribution < 1.29 is 4.79 Å². The summed E-state index contributed by atoms with van der Waals surface area (Å²) in [4.78, 5) is 18.7. The van der Waals surface area contributed by atoms with Crippen LogP contribution in [0.2, 0.25) is 0 Å². The first-order valence-corrected chi connectivity index (χ1v) is 7.98. The Morgan fingerprint density at radius 1 is 1.42 bits per heavy atom. The molecule has 1 N–H and O–H groups in total. The molecule has 0 radical (unpaired) electrons. The Morgan fingerprint density at radius 3 is 2.68 bits per heavy atom. The summed E-state index contributed by atoms with van der Waals surface area (Å²) in [6.45, 7) is 6.46. The van der Waals surface area contributed by atoms with Gasteiger partial charge in [0.25, 0.3) is 0 Å². The SMILES string of the molecule is Cc1nc(CNC(C)C(=O)N2CCCCCC2)cs1. The lowest BCUT2D eigenvalue weighted by atomic mass is 10.2. The van der Waals surface area contributed by atoms with Crippen molar-refractivity contribution in [3.05, 3.63) is 16.1 Å². The largest absolute Gasteiger partial charge is 0.341 e. The van der Waals surface area contributed by atoms with E-state index in [2.05, 4.69) is 10.3 Å². The minimum atomic E-state index is -0.125. The summed E-state index contributed by atoms with van der Waals surface area (Å²) in [5.41, 5.74) is 1.03. The lowest BCUT2D eigenvalue weighted by Crippen LogP contribution is -2.45. The van der Waals surface area contributed by atoms with Gasteiger partial charge in [-0.2, -0.15) is 0 Å².